The Bertz CT molecular complexity index is 2290. The van der Waals surface area contributed by atoms with Gasteiger partial charge in [0.25, 0.3) is 5.91 Å². The zero-order valence-electron chi connectivity index (χ0n) is 37.3. The van der Waals surface area contributed by atoms with E-state index in [2.05, 4.69) is 36.6 Å². The van der Waals surface area contributed by atoms with Crippen LogP contribution in [0.2, 0.25) is 0 Å². The number of hydrogen-bond donors (Lipinski definition) is 7. The van der Waals surface area contributed by atoms with Crippen molar-refractivity contribution >= 4 is 71.1 Å². The second-order valence-corrected chi connectivity index (χ2v) is 16.2. The third-order valence-corrected chi connectivity index (χ3v) is 10.7. The third-order valence-electron chi connectivity index (χ3n) is 10.7. The summed E-state index contributed by atoms with van der Waals surface area (Å²) in [6, 6.07) is 10.9. The maximum atomic E-state index is 13.5. The summed E-state index contributed by atoms with van der Waals surface area (Å²) in [5, 5.41) is 13.3. The number of primary amides is 1. The Morgan fingerprint density at radius 3 is 2.37 bits per heavy atom. The van der Waals surface area contributed by atoms with E-state index in [-0.39, 0.29) is 50.2 Å². The normalized spacial score (nSPS) is 13.9. The van der Waals surface area contributed by atoms with E-state index in [0.717, 1.165) is 24.1 Å². The number of fused-ring (bicyclic) bond motifs is 2. The van der Waals surface area contributed by atoms with Crippen molar-refractivity contribution in [2.24, 2.45) is 22.4 Å². The minimum Gasteiger partial charge on any atom is -0.445 e. The van der Waals surface area contributed by atoms with E-state index in [1.54, 1.807) is 79.6 Å². The molecule has 0 aliphatic carbocycles. The highest BCUT2D eigenvalue weighted by Crippen LogP contribution is 2.29. The van der Waals surface area contributed by atoms with Gasteiger partial charge in [0, 0.05) is 67.1 Å². The molecule has 9 N–H and O–H groups in total. The molecule has 8 amide bonds. The highest BCUT2D eigenvalue weighted by molar-refractivity contribution is 6.08. The zero-order valence-corrected chi connectivity index (χ0v) is 37.3. The fourth-order valence-corrected chi connectivity index (χ4v) is 7.42. The van der Waals surface area contributed by atoms with Gasteiger partial charge >= 0.3 is 12.1 Å². The molecular formula is C46H59N11O8. The summed E-state index contributed by atoms with van der Waals surface area (Å²) < 4.78 is 5.63. The molecule has 2 atom stereocenters. The van der Waals surface area contributed by atoms with Crippen LogP contribution in [0.5, 0.6) is 0 Å². The maximum Gasteiger partial charge on any atom is 0.410 e. The Hall–Kier alpha value is -7.31. The number of ether oxygens (including phenoxy) is 1. The number of nitrogens with one attached hydrogen (secondary N) is 5. The summed E-state index contributed by atoms with van der Waals surface area (Å²) >= 11 is 0. The van der Waals surface area contributed by atoms with Crippen LogP contribution in [0, 0.1) is 5.92 Å². The molecule has 65 heavy (non-hydrogen) atoms. The number of carbonyl (C=O) groups excluding carboxylic acids is 7. The van der Waals surface area contributed by atoms with Crippen LogP contribution >= 0.6 is 0 Å². The molecule has 0 fully saturated rings. The molecule has 1 aromatic heterocycles. The molecule has 2 aliphatic rings. The zero-order chi connectivity index (χ0) is 47.0. The van der Waals surface area contributed by atoms with Crippen molar-refractivity contribution in [3.05, 3.63) is 88.2 Å². The Labute approximate surface area is 378 Å². The van der Waals surface area contributed by atoms with E-state index in [9.17, 15) is 33.6 Å². The lowest BCUT2D eigenvalue weighted by atomic mass is 10.0. The first-order valence-electron chi connectivity index (χ1n) is 21.8. The van der Waals surface area contributed by atoms with Gasteiger partial charge in [-0.3, -0.25) is 29.0 Å². The number of amidine groups is 1. The lowest BCUT2D eigenvalue weighted by Gasteiger charge is -2.28. The molecular weight excluding hydrogens is 835 g/mol. The van der Waals surface area contributed by atoms with Crippen molar-refractivity contribution in [3.63, 3.8) is 0 Å². The van der Waals surface area contributed by atoms with Gasteiger partial charge in [0.15, 0.2) is 0 Å². The third kappa shape index (κ3) is 13.8. The lowest BCUT2D eigenvalue weighted by Crippen LogP contribution is -2.53. The molecule has 0 saturated carbocycles. The molecule has 3 aromatic rings. The van der Waals surface area contributed by atoms with Gasteiger partial charge in [-0.25, -0.2) is 14.6 Å². The summed E-state index contributed by atoms with van der Waals surface area (Å²) in [6.45, 7) is 9.61. The molecule has 3 heterocycles. The van der Waals surface area contributed by atoms with Crippen LogP contribution in [0.3, 0.4) is 0 Å². The molecule has 5 rings (SSSR count). The second kappa shape index (κ2) is 23.4. The SMILES string of the molecule is CCCN(CCC)C(=O)C1=Cc2ccc(C(=O)Nc3cnc4c(c3)CN(C(=O)OCc3ccc(NC(=O)C(CCCNC(N)=O)NC(=O)C(NC=O)C(C)C)cc3)CC4)cc2N=C(N)C1. The van der Waals surface area contributed by atoms with Crippen LogP contribution in [0.1, 0.15) is 92.5 Å². The average molecular weight is 894 g/mol. The maximum absolute atomic E-state index is 13.5. The van der Waals surface area contributed by atoms with Crippen molar-refractivity contribution in [2.45, 2.75) is 91.5 Å². The summed E-state index contributed by atoms with van der Waals surface area (Å²) in [6.07, 6.45) is 6.14. The van der Waals surface area contributed by atoms with Gasteiger partial charge < -0.3 is 52.6 Å². The number of carbonyl (C=O) groups is 7. The van der Waals surface area contributed by atoms with Crippen molar-refractivity contribution in [3.8, 4) is 0 Å². The Balaban J connectivity index is 1.16. The van der Waals surface area contributed by atoms with E-state index in [1.165, 1.54) is 0 Å². The van der Waals surface area contributed by atoms with Gasteiger partial charge in [0.05, 0.1) is 24.1 Å². The van der Waals surface area contributed by atoms with Crippen molar-refractivity contribution in [1.29, 1.82) is 0 Å². The minimum absolute atomic E-state index is 0.0450. The molecule has 19 heteroatoms. The number of aliphatic imine (C=N–C) groups is 1. The van der Waals surface area contributed by atoms with Gasteiger partial charge in [-0.1, -0.05) is 45.9 Å². The van der Waals surface area contributed by atoms with Gasteiger partial charge in [0.2, 0.25) is 24.1 Å². The van der Waals surface area contributed by atoms with Gasteiger partial charge in [-0.05, 0) is 79.1 Å². The number of urea groups is 1. The van der Waals surface area contributed by atoms with Gasteiger partial charge in [-0.15, -0.1) is 0 Å². The van der Waals surface area contributed by atoms with Crippen LogP contribution in [-0.2, 0) is 43.5 Å². The average Bonchev–Trinajstić information content (AvgIpc) is 3.45. The van der Waals surface area contributed by atoms with Crippen molar-refractivity contribution in [2.75, 3.05) is 36.8 Å². The number of hydrogen-bond acceptors (Lipinski definition) is 11. The minimum atomic E-state index is -0.988. The highest BCUT2D eigenvalue weighted by atomic mass is 16.6. The van der Waals surface area contributed by atoms with E-state index >= 15 is 0 Å². The van der Waals surface area contributed by atoms with Gasteiger partial charge in [-0.2, -0.15) is 0 Å². The number of nitrogens with two attached hydrogens (primary N) is 2. The molecule has 0 radical (unpaired) electrons. The topological polar surface area (TPSA) is 273 Å². The fourth-order valence-electron chi connectivity index (χ4n) is 7.42. The van der Waals surface area contributed by atoms with Crippen LogP contribution in [-0.4, -0.2) is 101 Å². The molecule has 2 aliphatic heterocycles. The molecule has 0 bridgehead atoms. The van der Waals surface area contributed by atoms with Crippen LogP contribution < -0.4 is 38.1 Å². The van der Waals surface area contributed by atoms with E-state index in [1.807, 2.05) is 18.7 Å². The number of aromatic nitrogens is 1. The first kappa shape index (κ1) is 48.7. The van der Waals surface area contributed by atoms with Crippen molar-refractivity contribution < 1.29 is 38.3 Å². The smallest absolute Gasteiger partial charge is 0.410 e. The second-order valence-electron chi connectivity index (χ2n) is 16.2. The quantitative estimate of drug-likeness (QED) is 0.0630. The number of rotatable bonds is 20. The first-order valence-corrected chi connectivity index (χ1v) is 21.8. The summed E-state index contributed by atoms with van der Waals surface area (Å²) in [5.74, 6) is -1.47. The van der Waals surface area contributed by atoms with E-state index in [4.69, 9.17) is 16.2 Å². The van der Waals surface area contributed by atoms with E-state index in [0.29, 0.717) is 78.2 Å². The first-order chi connectivity index (χ1) is 31.2. The molecule has 19 nitrogen and oxygen atoms in total. The number of benzene rings is 2. The molecule has 346 valence electrons. The predicted molar refractivity (Wildman–Crippen MR) is 246 cm³/mol. The van der Waals surface area contributed by atoms with Crippen LogP contribution in [0.25, 0.3) is 6.08 Å². The monoisotopic (exact) mass is 893 g/mol. The number of amides is 8. The number of pyridine rings is 1. The summed E-state index contributed by atoms with van der Waals surface area (Å²) in [7, 11) is 0. The molecule has 2 aromatic carbocycles. The Morgan fingerprint density at radius 2 is 1.69 bits per heavy atom. The van der Waals surface area contributed by atoms with Crippen molar-refractivity contribution in [1.82, 2.24) is 30.7 Å². The summed E-state index contributed by atoms with van der Waals surface area (Å²) in [4.78, 5) is 101. The van der Waals surface area contributed by atoms with Gasteiger partial charge in [0.1, 0.15) is 24.5 Å². The number of anilines is 2. The highest BCUT2D eigenvalue weighted by Gasteiger charge is 2.28. The standard InChI is InChI=1S/C46H59N11O8/c1-5-17-56(18-6-2)44(62)32-20-30-11-12-31(22-38(30)54-39(47)23-32)41(59)53-35-21-33-25-57(19-15-36(33)50-24-35)46(64)65-26-29-9-13-34(14-10-29)52-42(60)37(8-7-16-49-45(48)63)55-43(61)40(28(3)4)51-27-58/h9-14,20-22,24,27-28,37,40H,5-8,15-19,23,25-26H2,1-4H3,(H2,47,54)(H,51,58)(H,52,60)(H,53,59)(H,55,61)(H3,48,49,63). The predicted octanol–water partition coefficient (Wildman–Crippen LogP) is 4.10. The molecule has 2 unspecified atom stereocenters. The largest absolute Gasteiger partial charge is 0.445 e. The van der Waals surface area contributed by atoms with Crippen LogP contribution in [0.15, 0.2) is 65.3 Å². The van der Waals surface area contributed by atoms with E-state index < -0.39 is 41.9 Å². The molecule has 0 spiro atoms. The Kier molecular flexibility index (Phi) is 17.5. The van der Waals surface area contributed by atoms with Crippen LogP contribution in [0.4, 0.5) is 26.7 Å². The molecule has 0 saturated heterocycles. The summed E-state index contributed by atoms with van der Waals surface area (Å²) in [5.41, 5.74) is 16.5. The Morgan fingerprint density at radius 1 is 0.954 bits per heavy atom. The number of nitrogens with zero attached hydrogens (tertiary/aromatic N) is 4. The lowest BCUT2D eigenvalue weighted by molar-refractivity contribution is -0.130. The fraction of sp³-hybridized carbons (Fsp3) is 0.413.